The number of halogens is 1. The molecule has 0 aliphatic heterocycles. The number of aromatic nitrogens is 1. The highest BCUT2D eigenvalue weighted by Gasteiger charge is 2.17. The van der Waals surface area contributed by atoms with E-state index in [1.54, 1.807) is 25.3 Å². The van der Waals surface area contributed by atoms with Crippen molar-refractivity contribution in [2.45, 2.75) is 6.92 Å². The van der Waals surface area contributed by atoms with E-state index in [-0.39, 0.29) is 16.9 Å². The van der Waals surface area contributed by atoms with Crippen LogP contribution < -0.4 is 11.1 Å². The van der Waals surface area contributed by atoms with Crippen LogP contribution in [0.5, 0.6) is 0 Å². The molecule has 0 unspecified atom stereocenters. The van der Waals surface area contributed by atoms with Gasteiger partial charge in [0.15, 0.2) is 0 Å². The monoisotopic (exact) mass is 261 g/mol. The fourth-order valence-electron chi connectivity index (χ4n) is 1.69. The molecule has 2 aromatic rings. The van der Waals surface area contributed by atoms with Gasteiger partial charge in [-0.1, -0.05) is 0 Å². The van der Waals surface area contributed by atoms with Crippen molar-refractivity contribution in [2.75, 3.05) is 11.1 Å². The smallest absolute Gasteiger partial charge is 0.340 e. The van der Waals surface area contributed by atoms with Crippen molar-refractivity contribution >= 4 is 23.0 Å². The van der Waals surface area contributed by atoms with Gasteiger partial charge >= 0.3 is 5.97 Å². The van der Waals surface area contributed by atoms with E-state index in [9.17, 15) is 9.18 Å². The standard InChI is InChI=1S/C13H12FN3O2/c1-7-9(3-2-6-16-7)17-10-5-4-8(14)12(15)11(10)13(18)19/h2-6,17H,15H2,1H3,(H,18,19). The Morgan fingerprint density at radius 3 is 2.74 bits per heavy atom. The molecular weight excluding hydrogens is 249 g/mol. The summed E-state index contributed by atoms with van der Waals surface area (Å²) in [6.07, 6.45) is 1.62. The molecule has 19 heavy (non-hydrogen) atoms. The van der Waals surface area contributed by atoms with E-state index in [4.69, 9.17) is 10.8 Å². The third-order valence-electron chi connectivity index (χ3n) is 2.68. The predicted octanol–water partition coefficient (Wildman–Crippen LogP) is 2.55. The normalized spacial score (nSPS) is 10.2. The van der Waals surface area contributed by atoms with E-state index < -0.39 is 11.8 Å². The minimum atomic E-state index is -1.29. The van der Waals surface area contributed by atoms with E-state index in [2.05, 4.69) is 10.3 Å². The molecule has 0 atom stereocenters. The molecule has 0 amide bonds. The molecule has 0 spiro atoms. The maximum Gasteiger partial charge on any atom is 0.340 e. The van der Waals surface area contributed by atoms with Crippen LogP contribution in [-0.2, 0) is 0 Å². The zero-order chi connectivity index (χ0) is 14.0. The Bertz CT molecular complexity index is 644. The van der Waals surface area contributed by atoms with Gasteiger partial charge in [0, 0.05) is 6.20 Å². The molecule has 98 valence electrons. The summed E-state index contributed by atoms with van der Waals surface area (Å²) in [5, 5.41) is 12.0. The average molecular weight is 261 g/mol. The van der Waals surface area contributed by atoms with Gasteiger partial charge in [0.2, 0.25) is 0 Å². The number of carboxylic acid groups (broad SMARTS) is 1. The fraction of sp³-hybridized carbons (Fsp3) is 0.0769. The van der Waals surface area contributed by atoms with Crippen molar-refractivity contribution in [2.24, 2.45) is 0 Å². The fourth-order valence-corrected chi connectivity index (χ4v) is 1.69. The number of nitrogens with one attached hydrogen (secondary N) is 1. The number of nitrogens with zero attached hydrogens (tertiary/aromatic N) is 1. The number of carbonyl (C=O) groups is 1. The number of anilines is 3. The van der Waals surface area contributed by atoms with Gasteiger partial charge in [-0.3, -0.25) is 4.98 Å². The topological polar surface area (TPSA) is 88.2 Å². The number of aryl methyl sites for hydroxylation is 1. The summed E-state index contributed by atoms with van der Waals surface area (Å²) in [6, 6.07) is 5.91. The first-order chi connectivity index (χ1) is 9.00. The Kier molecular flexibility index (Phi) is 3.33. The third-order valence-corrected chi connectivity index (χ3v) is 2.68. The molecule has 0 bridgehead atoms. The van der Waals surface area contributed by atoms with Crippen LogP contribution >= 0.6 is 0 Å². The lowest BCUT2D eigenvalue weighted by atomic mass is 10.1. The summed E-state index contributed by atoms with van der Waals surface area (Å²) < 4.78 is 13.3. The molecule has 6 heteroatoms. The third kappa shape index (κ3) is 2.47. The summed E-state index contributed by atoms with van der Waals surface area (Å²) in [7, 11) is 0. The molecule has 0 saturated heterocycles. The minimum Gasteiger partial charge on any atom is -0.478 e. The predicted molar refractivity (Wildman–Crippen MR) is 70.0 cm³/mol. The van der Waals surface area contributed by atoms with E-state index in [0.717, 1.165) is 6.07 Å². The number of hydrogen-bond donors (Lipinski definition) is 3. The van der Waals surface area contributed by atoms with Gasteiger partial charge in [0.05, 0.1) is 22.8 Å². The molecule has 4 N–H and O–H groups in total. The average Bonchev–Trinajstić information content (AvgIpc) is 2.36. The maximum absolute atomic E-state index is 13.3. The number of rotatable bonds is 3. The Hall–Kier alpha value is -2.63. The maximum atomic E-state index is 13.3. The second kappa shape index (κ2) is 4.93. The lowest BCUT2D eigenvalue weighted by Crippen LogP contribution is -2.09. The van der Waals surface area contributed by atoms with E-state index >= 15 is 0 Å². The van der Waals surface area contributed by atoms with Crippen molar-refractivity contribution in [1.82, 2.24) is 4.98 Å². The zero-order valence-electron chi connectivity index (χ0n) is 10.1. The number of benzene rings is 1. The highest BCUT2D eigenvalue weighted by molar-refractivity contribution is 6.00. The molecular formula is C13H12FN3O2. The van der Waals surface area contributed by atoms with Crippen LogP contribution in [0.2, 0.25) is 0 Å². The van der Waals surface area contributed by atoms with Crippen LogP contribution in [0, 0.1) is 12.7 Å². The summed E-state index contributed by atoms with van der Waals surface area (Å²) in [4.78, 5) is 15.2. The van der Waals surface area contributed by atoms with Gasteiger partial charge in [-0.05, 0) is 31.2 Å². The van der Waals surface area contributed by atoms with Crippen LogP contribution in [-0.4, -0.2) is 16.1 Å². The van der Waals surface area contributed by atoms with Crippen LogP contribution in [0.1, 0.15) is 16.1 Å². The Morgan fingerprint density at radius 1 is 1.37 bits per heavy atom. The summed E-state index contributed by atoms with van der Waals surface area (Å²) in [5.41, 5.74) is 6.34. The van der Waals surface area contributed by atoms with Crippen molar-refractivity contribution in [3.05, 3.63) is 47.5 Å². The van der Waals surface area contributed by atoms with Gasteiger partial charge in [0.1, 0.15) is 11.4 Å². The lowest BCUT2D eigenvalue weighted by molar-refractivity contribution is 0.0698. The molecule has 0 fully saturated rings. The van der Waals surface area contributed by atoms with Crippen LogP contribution in [0.15, 0.2) is 30.5 Å². The Morgan fingerprint density at radius 2 is 2.11 bits per heavy atom. The van der Waals surface area contributed by atoms with Crippen molar-refractivity contribution < 1.29 is 14.3 Å². The number of pyridine rings is 1. The van der Waals surface area contributed by atoms with Crippen molar-refractivity contribution in [3.8, 4) is 0 Å². The van der Waals surface area contributed by atoms with Crippen molar-refractivity contribution in [1.29, 1.82) is 0 Å². The largest absolute Gasteiger partial charge is 0.478 e. The van der Waals surface area contributed by atoms with Gasteiger partial charge in [-0.25, -0.2) is 9.18 Å². The molecule has 1 aromatic heterocycles. The molecule has 2 rings (SSSR count). The van der Waals surface area contributed by atoms with Crippen LogP contribution in [0.4, 0.5) is 21.5 Å². The second-order valence-electron chi connectivity index (χ2n) is 3.95. The second-order valence-corrected chi connectivity index (χ2v) is 3.95. The SMILES string of the molecule is Cc1ncccc1Nc1ccc(F)c(N)c1C(=O)O. The quantitative estimate of drug-likeness (QED) is 0.739. The lowest BCUT2D eigenvalue weighted by Gasteiger charge is -2.13. The van der Waals surface area contributed by atoms with Gasteiger partial charge in [-0.15, -0.1) is 0 Å². The molecule has 5 nitrogen and oxygen atoms in total. The van der Waals surface area contributed by atoms with E-state index in [1.807, 2.05) is 0 Å². The Balaban J connectivity index is 2.49. The van der Waals surface area contributed by atoms with Crippen molar-refractivity contribution in [3.63, 3.8) is 0 Å². The van der Waals surface area contributed by atoms with E-state index in [1.165, 1.54) is 6.07 Å². The first kappa shape index (κ1) is 12.8. The molecule has 1 heterocycles. The summed E-state index contributed by atoms with van der Waals surface area (Å²) >= 11 is 0. The van der Waals surface area contributed by atoms with Gasteiger partial charge in [0.25, 0.3) is 0 Å². The first-order valence-electron chi connectivity index (χ1n) is 5.50. The molecule has 1 aromatic carbocycles. The zero-order valence-corrected chi connectivity index (χ0v) is 10.1. The summed E-state index contributed by atoms with van der Waals surface area (Å²) in [6.45, 7) is 1.77. The minimum absolute atomic E-state index is 0.225. The highest BCUT2D eigenvalue weighted by atomic mass is 19.1. The Labute approximate surface area is 108 Å². The highest BCUT2D eigenvalue weighted by Crippen LogP contribution is 2.28. The first-order valence-corrected chi connectivity index (χ1v) is 5.50. The summed E-state index contributed by atoms with van der Waals surface area (Å²) in [5.74, 6) is -2.05. The number of aromatic carboxylic acids is 1. The molecule has 0 aliphatic carbocycles. The van der Waals surface area contributed by atoms with Gasteiger partial charge < -0.3 is 16.2 Å². The molecule has 0 radical (unpaired) electrons. The number of nitrogen functional groups attached to an aromatic ring is 1. The molecule has 0 aliphatic rings. The van der Waals surface area contributed by atoms with E-state index in [0.29, 0.717) is 11.4 Å². The van der Waals surface area contributed by atoms with Crippen LogP contribution in [0.3, 0.4) is 0 Å². The number of nitrogens with two attached hydrogens (primary N) is 1. The molecule has 0 saturated carbocycles. The number of carboxylic acids is 1. The van der Waals surface area contributed by atoms with Gasteiger partial charge in [-0.2, -0.15) is 0 Å². The van der Waals surface area contributed by atoms with Crippen LogP contribution in [0.25, 0.3) is 0 Å². The number of hydrogen-bond acceptors (Lipinski definition) is 4.